The van der Waals surface area contributed by atoms with E-state index in [2.05, 4.69) is 51.4 Å². The van der Waals surface area contributed by atoms with Gasteiger partial charge in [0.1, 0.15) is 11.2 Å². The van der Waals surface area contributed by atoms with E-state index < -0.39 is 5.60 Å². The number of rotatable bonds is 6. The van der Waals surface area contributed by atoms with Crippen LogP contribution in [-0.2, 0) is 17.8 Å². The van der Waals surface area contributed by atoms with E-state index >= 15 is 0 Å². The summed E-state index contributed by atoms with van der Waals surface area (Å²) in [6.45, 7) is 14.0. The average molecular weight is 493 g/mol. The van der Waals surface area contributed by atoms with E-state index in [9.17, 15) is 9.59 Å². The molecule has 2 aromatic heterocycles. The van der Waals surface area contributed by atoms with Crippen molar-refractivity contribution in [3.8, 4) is 0 Å². The van der Waals surface area contributed by atoms with Crippen LogP contribution in [0.15, 0.2) is 47.4 Å². The molecule has 9 heteroatoms. The van der Waals surface area contributed by atoms with E-state index in [-0.39, 0.29) is 17.7 Å². The Morgan fingerprint density at radius 1 is 1.08 bits per heavy atom. The molecule has 3 heterocycles. The zero-order valence-electron chi connectivity index (χ0n) is 21.8. The predicted molar refractivity (Wildman–Crippen MR) is 141 cm³/mol. The van der Waals surface area contributed by atoms with Gasteiger partial charge >= 0.3 is 6.09 Å². The summed E-state index contributed by atoms with van der Waals surface area (Å²) in [5.74, 6) is 0.495. The molecule has 1 unspecified atom stereocenters. The summed E-state index contributed by atoms with van der Waals surface area (Å²) >= 11 is 0. The van der Waals surface area contributed by atoms with E-state index in [4.69, 9.17) is 4.74 Å². The highest BCUT2D eigenvalue weighted by Crippen LogP contribution is 2.20. The third kappa shape index (κ3) is 6.20. The number of carbonyl (C=O) groups is 1. The maximum absolute atomic E-state index is 12.3. The zero-order chi connectivity index (χ0) is 25.9. The van der Waals surface area contributed by atoms with Crippen LogP contribution in [0.25, 0.3) is 11.0 Å². The molecule has 1 aromatic carbocycles. The van der Waals surface area contributed by atoms with Gasteiger partial charge < -0.3 is 15.0 Å². The molecule has 192 valence electrons. The molecule has 1 atom stereocenters. The van der Waals surface area contributed by atoms with E-state index in [1.807, 2.05) is 27.7 Å². The Kier molecular flexibility index (Phi) is 7.59. The second-order valence-electron chi connectivity index (χ2n) is 10.2. The van der Waals surface area contributed by atoms with Gasteiger partial charge in [-0.3, -0.25) is 14.3 Å². The standard InChI is InChI=1S/C27H36N6O3/c1-6-33-23(34)12-11-22-17-28-25(30-24(22)33)29-19(2)21-9-7-20(8-10-21)18-31-13-15-32(16-14-31)26(35)36-27(3,4)5/h7-12,17,19H,6,13-16,18H2,1-5H3,(H,28,29,30). The summed E-state index contributed by atoms with van der Waals surface area (Å²) in [4.78, 5) is 37.6. The van der Waals surface area contributed by atoms with E-state index in [1.165, 1.54) is 5.56 Å². The fourth-order valence-corrected chi connectivity index (χ4v) is 4.31. The van der Waals surface area contributed by atoms with E-state index in [1.54, 1.807) is 27.8 Å². The Morgan fingerprint density at radius 3 is 2.42 bits per heavy atom. The van der Waals surface area contributed by atoms with Crippen molar-refractivity contribution in [3.05, 3.63) is 64.1 Å². The van der Waals surface area contributed by atoms with Gasteiger partial charge in [0, 0.05) is 56.9 Å². The topological polar surface area (TPSA) is 92.6 Å². The molecule has 1 fully saturated rings. The largest absolute Gasteiger partial charge is 0.444 e. The summed E-state index contributed by atoms with van der Waals surface area (Å²) in [6.07, 6.45) is 1.51. The van der Waals surface area contributed by atoms with Gasteiger partial charge in [0.05, 0.1) is 6.04 Å². The van der Waals surface area contributed by atoms with Gasteiger partial charge in [0.25, 0.3) is 5.56 Å². The molecule has 1 amide bonds. The van der Waals surface area contributed by atoms with Crippen LogP contribution in [0, 0.1) is 0 Å². The minimum absolute atomic E-state index is 0.000570. The third-order valence-electron chi connectivity index (χ3n) is 6.29. The first-order valence-electron chi connectivity index (χ1n) is 12.5. The normalized spacial score (nSPS) is 15.6. The lowest BCUT2D eigenvalue weighted by molar-refractivity contribution is 0.0139. The Morgan fingerprint density at radius 2 is 1.78 bits per heavy atom. The highest BCUT2D eigenvalue weighted by atomic mass is 16.6. The number of aryl methyl sites for hydroxylation is 1. The number of hydrogen-bond donors (Lipinski definition) is 1. The second kappa shape index (κ2) is 10.7. The Bertz CT molecular complexity index is 1260. The molecule has 36 heavy (non-hydrogen) atoms. The first-order valence-corrected chi connectivity index (χ1v) is 12.5. The Labute approximate surface area is 212 Å². The lowest BCUT2D eigenvalue weighted by atomic mass is 10.1. The number of carbonyl (C=O) groups excluding carboxylic acids is 1. The number of piperazine rings is 1. The number of anilines is 1. The van der Waals surface area contributed by atoms with Gasteiger partial charge in [0.15, 0.2) is 0 Å². The van der Waals surface area contributed by atoms with Gasteiger partial charge in [-0.25, -0.2) is 9.78 Å². The van der Waals surface area contributed by atoms with Crippen LogP contribution in [-0.4, -0.2) is 62.2 Å². The summed E-state index contributed by atoms with van der Waals surface area (Å²) in [6, 6.07) is 11.8. The molecule has 0 aliphatic carbocycles. The van der Waals surface area contributed by atoms with Gasteiger partial charge in [-0.15, -0.1) is 0 Å². The molecular formula is C27H36N6O3. The summed E-state index contributed by atoms with van der Waals surface area (Å²) in [7, 11) is 0. The van der Waals surface area contributed by atoms with Crippen molar-refractivity contribution in [2.75, 3.05) is 31.5 Å². The van der Waals surface area contributed by atoms with Crippen LogP contribution < -0.4 is 10.9 Å². The summed E-state index contributed by atoms with van der Waals surface area (Å²) < 4.78 is 7.13. The number of nitrogens with zero attached hydrogens (tertiary/aromatic N) is 5. The van der Waals surface area contributed by atoms with Gasteiger partial charge in [0.2, 0.25) is 5.95 Å². The van der Waals surface area contributed by atoms with E-state index in [0.717, 1.165) is 30.6 Å². The number of benzene rings is 1. The van der Waals surface area contributed by atoms with Crippen molar-refractivity contribution < 1.29 is 9.53 Å². The molecule has 3 aromatic rings. The van der Waals surface area contributed by atoms with E-state index in [0.29, 0.717) is 31.2 Å². The lowest BCUT2D eigenvalue weighted by Crippen LogP contribution is -2.49. The first kappa shape index (κ1) is 25.6. The number of ether oxygens (including phenoxy) is 1. The van der Waals surface area contributed by atoms with Crippen LogP contribution in [0.3, 0.4) is 0 Å². The molecule has 4 rings (SSSR count). The van der Waals surface area contributed by atoms with Crippen molar-refractivity contribution in [2.24, 2.45) is 0 Å². The smallest absolute Gasteiger partial charge is 0.410 e. The molecule has 0 radical (unpaired) electrons. The van der Waals surface area contributed by atoms with Crippen molar-refractivity contribution in [1.29, 1.82) is 0 Å². The molecule has 1 saturated heterocycles. The molecule has 0 spiro atoms. The van der Waals surface area contributed by atoms with Crippen LogP contribution in [0.4, 0.5) is 10.7 Å². The Balaban J connectivity index is 1.33. The predicted octanol–water partition coefficient (Wildman–Crippen LogP) is 4.04. The quantitative estimate of drug-likeness (QED) is 0.555. The monoisotopic (exact) mass is 492 g/mol. The fraction of sp³-hybridized carbons (Fsp3) is 0.481. The highest BCUT2D eigenvalue weighted by Gasteiger charge is 2.25. The zero-order valence-corrected chi connectivity index (χ0v) is 21.8. The SMILES string of the molecule is CCn1c(=O)ccc2cnc(NC(C)c3ccc(CN4CCN(C(=O)OC(C)(C)C)CC4)cc3)nc21. The van der Waals surface area contributed by atoms with Crippen molar-refractivity contribution in [3.63, 3.8) is 0 Å². The van der Waals surface area contributed by atoms with Crippen LogP contribution in [0.5, 0.6) is 0 Å². The van der Waals surface area contributed by atoms with Crippen molar-refractivity contribution in [1.82, 2.24) is 24.3 Å². The molecular weight excluding hydrogens is 456 g/mol. The first-order chi connectivity index (χ1) is 17.1. The number of hydrogen-bond acceptors (Lipinski definition) is 7. The molecule has 0 bridgehead atoms. The number of aromatic nitrogens is 3. The highest BCUT2D eigenvalue weighted by molar-refractivity contribution is 5.75. The molecule has 9 nitrogen and oxygen atoms in total. The average Bonchev–Trinajstić information content (AvgIpc) is 2.84. The van der Waals surface area contributed by atoms with Crippen molar-refractivity contribution in [2.45, 2.75) is 59.4 Å². The van der Waals surface area contributed by atoms with Gasteiger partial charge in [-0.05, 0) is 51.8 Å². The number of nitrogens with one attached hydrogen (secondary N) is 1. The number of fused-ring (bicyclic) bond motifs is 1. The molecule has 1 aliphatic heterocycles. The van der Waals surface area contributed by atoms with Gasteiger partial charge in [-0.1, -0.05) is 24.3 Å². The maximum atomic E-state index is 12.3. The maximum Gasteiger partial charge on any atom is 0.410 e. The van der Waals surface area contributed by atoms with Crippen LogP contribution >= 0.6 is 0 Å². The summed E-state index contributed by atoms with van der Waals surface area (Å²) in [5.41, 5.74) is 2.45. The molecule has 1 N–H and O–H groups in total. The van der Waals surface area contributed by atoms with Crippen molar-refractivity contribution >= 4 is 23.1 Å². The Hall–Kier alpha value is -3.46. The molecule has 1 aliphatic rings. The van der Waals surface area contributed by atoms with Crippen LogP contribution in [0.1, 0.15) is 51.8 Å². The third-order valence-corrected chi connectivity index (χ3v) is 6.29. The fourth-order valence-electron chi connectivity index (χ4n) is 4.31. The summed E-state index contributed by atoms with van der Waals surface area (Å²) in [5, 5.41) is 4.19. The number of pyridine rings is 1. The van der Waals surface area contributed by atoms with Crippen LogP contribution in [0.2, 0.25) is 0 Å². The minimum Gasteiger partial charge on any atom is -0.444 e. The molecule has 0 saturated carbocycles. The van der Waals surface area contributed by atoms with Gasteiger partial charge in [-0.2, -0.15) is 4.98 Å². The minimum atomic E-state index is -0.472. The number of amides is 1. The second-order valence-corrected chi connectivity index (χ2v) is 10.2. The lowest BCUT2D eigenvalue weighted by Gasteiger charge is -2.35.